The third-order valence-corrected chi connectivity index (χ3v) is 5.79. The molecule has 9 heteroatoms. The highest BCUT2D eigenvalue weighted by atomic mass is 19.1. The summed E-state index contributed by atoms with van der Waals surface area (Å²) in [4.78, 5) is 38.8. The predicted molar refractivity (Wildman–Crippen MR) is 132 cm³/mol. The van der Waals surface area contributed by atoms with E-state index in [-0.39, 0.29) is 37.1 Å². The van der Waals surface area contributed by atoms with Gasteiger partial charge in [0.1, 0.15) is 17.3 Å². The molecule has 0 bridgehead atoms. The van der Waals surface area contributed by atoms with Gasteiger partial charge >= 0.3 is 0 Å². The molecule has 1 heterocycles. The van der Waals surface area contributed by atoms with Crippen LogP contribution in [0.5, 0.6) is 11.5 Å². The summed E-state index contributed by atoms with van der Waals surface area (Å²) in [5.41, 5.74) is 1.65. The maximum Gasteiger partial charge on any atom is 0.262 e. The summed E-state index contributed by atoms with van der Waals surface area (Å²) in [5, 5.41) is 5.34. The van der Waals surface area contributed by atoms with Crippen LogP contribution in [0.3, 0.4) is 0 Å². The standard InChI is InChI=1S/C27H26FN3O5/c1-35-21-10-6-18(7-11-21)15-29-27(34)19-14-26(33)31(16-19)20-8-12-22(13-9-20)36-17-25(32)30-24-5-3-2-4-23(24)28/h2-13,19H,14-17H2,1H3,(H,29,34)(H,30,32). The van der Waals surface area contributed by atoms with Crippen LogP contribution in [0.4, 0.5) is 15.8 Å². The van der Waals surface area contributed by atoms with Gasteiger partial charge in [-0.1, -0.05) is 24.3 Å². The number of rotatable bonds is 9. The highest BCUT2D eigenvalue weighted by Crippen LogP contribution is 2.27. The molecule has 1 saturated heterocycles. The molecule has 2 N–H and O–H groups in total. The van der Waals surface area contributed by atoms with E-state index >= 15 is 0 Å². The minimum atomic E-state index is -0.529. The van der Waals surface area contributed by atoms with Gasteiger partial charge in [0.05, 0.1) is 18.7 Å². The number of ether oxygens (including phenoxy) is 2. The number of hydrogen-bond acceptors (Lipinski definition) is 5. The molecule has 0 aliphatic carbocycles. The number of halogens is 1. The molecule has 0 radical (unpaired) electrons. The van der Waals surface area contributed by atoms with Gasteiger partial charge in [-0.15, -0.1) is 0 Å². The molecule has 3 aromatic rings. The molecule has 1 atom stereocenters. The Morgan fingerprint density at radius 1 is 1.00 bits per heavy atom. The van der Waals surface area contributed by atoms with Crippen molar-refractivity contribution in [1.82, 2.24) is 5.32 Å². The first-order valence-electron chi connectivity index (χ1n) is 11.4. The van der Waals surface area contributed by atoms with E-state index in [9.17, 15) is 18.8 Å². The lowest BCUT2D eigenvalue weighted by Gasteiger charge is -2.17. The molecule has 1 unspecified atom stereocenters. The summed E-state index contributed by atoms with van der Waals surface area (Å²) >= 11 is 0. The van der Waals surface area contributed by atoms with Crippen molar-refractivity contribution in [2.75, 3.05) is 30.5 Å². The number of benzene rings is 3. The monoisotopic (exact) mass is 491 g/mol. The van der Waals surface area contributed by atoms with Crippen molar-refractivity contribution in [3.05, 3.63) is 84.2 Å². The van der Waals surface area contributed by atoms with Crippen molar-refractivity contribution >= 4 is 29.1 Å². The fourth-order valence-electron chi connectivity index (χ4n) is 3.83. The molecule has 3 aromatic carbocycles. The number of carbonyl (C=O) groups excluding carboxylic acids is 3. The molecule has 0 spiro atoms. The topological polar surface area (TPSA) is 97.0 Å². The van der Waals surface area contributed by atoms with Gasteiger partial charge in [0.15, 0.2) is 6.61 Å². The molecule has 0 saturated carbocycles. The minimum Gasteiger partial charge on any atom is -0.497 e. The molecule has 4 rings (SSSR count). The van der Waals surface area contributed by atoms with Crippen LogP contribution in [0.15, 0.2) is 72.8 Å². The number of amides is 3. The quantitative estimate of drug-likeness (QED) is 0.478. The summed E-state index contributed by atoms with van der Waals surface area (Å²) in [6.07, 6.45) is 0.128. The lowest BCUT2D eigenvalue weighted by Crippen LogP contribution is -2.32. The molecule has 8 nitrogen and oxygen atoms in total. The Kier molecular flexibility index (Phi) is 7.79. The summed E-state index contributed by atoms with van der Waals surface area (Å²) < 4.78 is 24.2. The molecule has 1 fully saturated rings. The smallest absolute Gasteiger partial charge is 0.262 e. The highest BCUT2D eigenvalue weighted by molar-refractivity contribution is 6.00. The third-order valence-electron chi connectivity index (χ3n) is 5.79. The summed E-state index contributed by atoms with van der Waals surface area (Å²) in [6.45, 7) is 0.343. The molecule has 0 aromatic heterocycles. The van der Waals surface area contributed by atoms with Crippen LogP contribution >= 0.6 is 0 Å². The molecular formula is C27H26FN3O5. The van der Waals surface area contributed by atoms with E-state index in [1.807, 2.05) is 24.3 Å². The van der Waals surface area contributed by atoms with Crippen molar-refractivity contribution in [3.63, 3.8) is 0 Å². The maximum absolute atomic E-state index is 13.6. The van der Waals surface area contributed by atoms with Gasteiger partial charge in [-0.05, 0) is 54.1 Å². The van der Waals surface area contributed by atoms with E-state index in [4.69, 9.17) is 9.47 Å². The first kappa shape index (κ1) is 24.7. The normalized spacial score (nSPS) is 14.9. The maximum atomic E-state index is 13.6. The molecule has 186 valence electrons. The lowest BCUT2D eigenvalue weighted by atomic mass is 10.1. The average Bonchev–Trinajstić information content (AvgIpc) is 3.29. The van der Waals surface area contributed by atoms with Crippen LogP contribution in [0.1, 0.15) is 12.0 Å². The minimum absolute atomic E-state index is 0.0802. The van der Waals surface area contributed by atoms with Crippen LogP contribution in [-0.2, 0) is 20.9 Å². The number of nitrogens with one attached hydrogen (secondary N) is 2. The van der Waals surface area contributed by atoms with E-state index in [0.717, 1.165) is 11.3 Å². The Hall–Kier alpha value is -4.40. The highest BCUT2D eigenvalue weighted by Gasteiger charge is 2.35. The number of methoxy groups -OCH3 is 1. The number of hydrogen-bond donors (Lipinski definition) is 2. The van der Waals surface area contributed by atoms with E-state index in [1.165, 1.54) is 18.2 Å². The van der Waals surface area contributed by atoms with Crippen LogP contribution in [0.2, 0.25) is 0 Å². The van der Waals surface area contributed by atoms with Crippen LogP contribution < -0.4 is 25.0 Å². The van der Waals surface area contributed by atoms with Crippen molar-refractivity contribution in [2.24, 2.45) is 5.92 Å². The summed E-state index contributed by atoms with van der Waals surface area (Å²) in [7, 11) is 1.59. The third kappa shape index (κ3) is 6.18. The average molecular weight is 492 g/mol. The summed E-state index contributed by atoms with van der Waals surface area (Å²) in [6, 6.07) is 19.9. The fraction of sp³-hybridized carbons (Fsp3) is 0.222. The van der Waals surface area contributed by atoms with Gasteiger partial charge in [0.2, 0.25) is 11.8 Å². The zero-order chi connectivity index (χ0) is 25.5. The Balaban J connectivity index is 1.26. The van der Waals surface area contributed by atoms with Crippen molar-refractivity contribution in [3.8, 4) is 11.5 Å². The zero-order valence-electron chi connectivity index (χ0n) is 19.7. The second-order valence-electron chi connectivity index (χ2n) is 8.28. The van der Waals surface area contributed by atoms with Gasteiger partial charge in [0, 0.05) is 25.2 Å². The van der Waals surface area contributed by atoms with E-state index in [1.54, 1.807) is 42.3 Å². The number of nitrogens with zero attached hydrogens (tertiary/aromatic N) is 1. The zero-order valence-corrected chi connectivity index (χ0v) is 19.7. The van der Waals surface area contributed by atoms with Gasteiger partial charge in [0.25, 0.3) is 5.91 Å². The van der Waals surface area contributed by atoms with E-state index in [0.29, 0.717) is 18.0 Å². The van der Waals surface area contributed by atoms with Crippen molar-refractivity contribution in [2.45, 2.75) is 13.0 Å². The van der Waals surface area contributed by atoms with Gasteiger partial charge in [-0.2, -0.15) is 0 Å². The van der Waals surface area contributed by atoms with Gasteiger partial charge < -0.3 is 25.0 Å². The van der Waals surface area contributed by atoms with Crippen molar-refractivity contribution in [1.29, 1.82) is 0 Å². The Bertz CT molecular complexity index is 1230. The van der Waals surface area contributed by atoms with Crippen molar-refractivity contribution < 1.29 is 28.2 Å². The van der Waals surface area contributed by atoms with Crippen LogP contribution in [0.25, 0.3) is 0 Å². The molecule has 3 amide bonds. The van der Waals surface area contributed by atoms with Crippen LogP contribution in [0, 0.1) is 11.7 Å². The number of anilines is 2. The largest absolute Gasteiger partial charge is 0.497 e. The molecule has 1 aliphatic heterocycles. The first-order chi connectivity index (χ1) is 17.4. The SMILES string of the molecule is COc1ccc(CNC(=O)C2CC(=O)N(c3ccc(OCC(=O)Nc4ccccc4F)cc3)C2)cc1. The first-order valence-corrected chi connectivity index (χ1v) is 11.4. The van der Waals surface area contributed by atoms with Gasteiger partial charge in [-0.3, -0.25) is 14.4 Å². The number of carbonyl (C=O) groups is 3. The molecule has 1 aliphatic rings. The Morgan fingerprint density at radius 2 is 1.69 bits per heavy atom. The van der Waals surface area contributed by atoms with Crippen LogP contribution in [-0.4, -0.2) is 38.0 Å². The van der Waals surface area contributed by atoms with E-state index in [2.05, 4.69) is 10.6 Å². The molecular weight excluding hydrogens is 465 g/mol. The Labute approximate surface area is 208 Å². The second-order valence-corrected chi connectivity index (χ2v) is 8.28. The Morgan fingerprint density at radius 3 is 2.39 bits per heavy atom. The second kappa shape index (κ2) is 11.4. The van der Waals surface area contributed by atoms with E-state index < -0.39 is 17.6 Å². The predicted octanol–water partition coefficient (Wildman–Crippen LogP) is 3.52. The lowest BCUT2D eigenvalue weighted by molar-refractivity contribution is -0.126. The fourth-order valence-corrected chi connectivity index (χ4v) is 3.83. The summed E-state index contributed by atoms with van der Waals surface area (Å²) in [5.74, 6) is -0.637. The molecule has 36 heavy (non-hydrogen) atoms. The number of para-hydroxylation sites is 1. The van der Waals surface area contributed by atoms with Gasteiger partial charge in [-0.25, -0.2) is 4.39 Å².